The first kappa shape index (κ1) is 12.8. The normalized spacial score (nSPS) is 11.0. The molecule has 1 rings (SSSR count). The van der Waals surface area contributed by atoms with Crippen LogP contribution in [0.1, 0.15) is 25.2 Å². The number of rotatable bonds is 6. The lowest BCUT2D eigenvalue weighted by atomic mass is 10.2. The quantitative estimate of drug-likeness (QED) is 0.742. The van der Waals surface area contributed by atoms with Crippen LogP contribution >= 0.6 is 0 Å². The smallest absolute Gasteiger partial charge is 0.122 e. The maximum atomic E-state index is 5.45. The Bertz CT molecular complexity index is 349. The SMILES string of the molecule is C#CCN(C)Cc1ccoc1CNC(C)C. The van der Waals surface area contributed by atoms with Crippen molar-refractivity contribution in [2.24, 2.45) is 0 Å². The second-order valence-electron chi connectivity index (χ2n) is 4.28. The van der Waals surface area contributed by atoms with E-state index in [0.717, 1.165) is 18.8 Å². The highest BCUT2D eigenvalue weighted by atomic mass is 16.3. The molecule has 0 unspecified atom stereocenters. The number of furan rings is 1. The Morgan fingerprint density at radius 1 is 1.56 bits per heavy atom. The predicted octanol–water partition coefficient (Wildman–Crippen LogP) is 1.84. The van der Waals surface area contributed by atoms with Crippen molar-refractivity contribution in [3.05, 3.63) is 23.7 Å². The van der Waals surface area contributed by atoms with E-state index < -0.39 is 0 Å². The van der Waals surface area contributed by atoms with Crippen LogP contribution in [-0.2, 0) is 13.1 Å². The molecule has 0 saturated heterocycles. The van der Waals surface area contributed by atoms with Crippen molar-refractivity contribution in [1.29, 1.82) is 0 Å². The van der Waals surface area contributed by atoms with Crippen LogP contribution in [0.5, 0.6) is 0 Å². The first-order chi connectivity index (χ1) is 7.63. The second kappa shape index (κ2) is 6.37. The Hall–Kier alpha value is -1.24. The highest BCUT2D eigenvalue weighted by Crippen LogP contribution is 2.12. The Morgan fingerprint density at radius 3 is 2.94 bits per heavy atom. The Labute approximate surface area is 97.8 Å². The summed E-state index contributed by atoms with van der Waals surface area (Å²) in [7, 11) is 2.01. The van der Waals surface area contributed by atoms with Crippen LogP contribution in [0.4, 0.5) is 0 Å². The third-order valence-electron chi connectivity index (χ3n) is 2.31. The van der Waals surface area contributed by atoms with Crippen LogP contribution < -0.4 is 5.32 Å². The van der Waals surface area contributed by atoms with Gasteiger partial charge in [-0.15, -0.1) is 6.42 Å². The molecule has 0 fully saturated rings. The lowest BCUT2D eigenvalue weighted by molar-refractivity contribution is 0.361. The van der Waals surface area contributed by atoms with Gasteiger partial charge in [0.25, 0.3) is 0 Å². The van der Waals surface area contributed by atoms with Gasteiger partial charge in [-0.05, 0) is 13.1 Å². The molecule has 0 aliphatic carbocycles. The van der Waals surface area contributed by atoms with Gasteiger partial charge in [0.15, 0.2) is 0 Å². The maximum absolute atomic E-state index is 5.45. The number of hydrogen-bond acceptors (Lipinski definition) is 3. The van der Waals surface area contributed by atoms with Crippen molar-refractivity contribution in [2.45, 2.75) is 33.0 Å². The second-order valence-corrected chi connectivity index (χ2v) is 4.28. The van der Waals surface area contributed by atoms with Crippen LogP contribution in [0.25, 0.3) is 0 Å². The molecule has 1 aromatic rings. The molecule has 0 atom stereocenters. The lowest BCUT2D eigenvalue weighted by Gasteiger charge is -2.13. The molecule has 3 heteroatoms. The summed E-state index contributed by atoms with van der Waals surface area (Å²) in [6.45, 7) is 6.49. The largest absolute Gasteiger partial charge is 0.468 e. The van der Waals surface area contributed by atoms with Crippen LogP contribution in [0.2, 0.25) is 0 Å². The summed E-state index contributed by atoms with van der Waals surface area (Å²) < 4.78 is 5.45. The molecule has 3 nitrogen and oxygen atoms in total. The van der Waals surface area contributed by atoms with Gasteiger partial charge in [0.2, 0.25) is 0 Å². The molecule has 0 aromatic carbocycles. The van der Waals surface area contributed by atoms with Crippen LogP contribution in [0.3, 0.4) is 0 Å². The van der Waals surface area contributed by atoms with E-state index in [1.165, 1.54) is 5.56 Å². The number of nitrogens with one attached hydrogen (secondary N) is 1. The topological polar surface area (TPSA) is 28.4 Å². The Kier molecular flexibility index (Phi) is 5.10. The molecule has 0 aliphatic rings. The number of terminal acetylenes is 1. The fraction of sp³-hybridized carbons (Fsp3) is 0.538. The third kappa shape index (κ3) is 4.09. The molecule has 1 N–H and O–H groups in total. The molecule has 88 valence electrons. The van der Waals surface area contributed by atoms with Crippen molar-refractivity contribution in [3.63, 3.8) is 0 Å². The summed E-state index contributed by atoms with van der Waals surface area (Å²) in [5.41, 5.74) is 1.20. The van der Waals surface area contributed by atoms with Crippen molar-refractivity contribution in [1.82, 2.24) is 10.2 Å². The van der Waals surface area contributed by atoms with E-state index in [1.807, 2.05) is 13.1 Å². The molecule has 0 saturated carbocycles. The summed E-state index contributed by atoms with van der Waals surface area (Å²) in [6, 6.07) is 2.46. The first-order valence-electron chi connectivity index (χ1n) is 5.54. The molecule has 16 heavy (non-hydrogen) atoms. The highest BCUT2D eigenvalue weighted by molar-refractivity contribution is 5.17. The molecule has 0 radical (unpaired) electrons. The minimum Gasteiger partial charge on any atom is -0.468 e. The zero-order valence-corrected chi connectivity index (χ0v) is 10.3. The molecule has 1 aromatic heterocycles. The van der Waals surface area contributed by atoms with E-state index >= 15 is 0 Å². The van der Waals surface area contributed by atoms with E-state index in [4.69, 9.17) is 10.8 Å². The molecule has 0 aliphatic heterocycles. The van der Waals surface area contributed by atoms with Gasteiger partial charge in [0.1, 0.15) is 5.76 Å². The summed E-state index contributed by atoms with van der Waals surface area (Å²) in [5, 5.41) is 3.34. The maximum Gasteiger partial charge on any atom is 0.122 e. The Balaban J connectivity index is 2.53. The summed E-state index contributed by atoms with van der Waals surface area (Å²) >= 11 is 0. The van der Waals surface area contributed by atoms with Gasteiger partial charge in [-0.25, -0.2) is 0 Å². The predicted molar refractivity (Wildman–Crippen MR) is 65.9 cm³/mol. The molecule has 0 bridgehead atoms. The van der Waals surface area contributed by atoms with Gasteiger partial charge in [-0.3, -0.25) is 4.90 Å². The summed E-state index contributed by atoms with van der Waals surface area (Å²) in [6.07, 6.45) is 7.00. The fourth-order valence-corrected chi connectivity index (χ4v) is 1.46. The number of nitrogens with zero attached hydrogens (tertiary/aromatic N) is 1. The lowest BCUT2D eigenvalue weighted by Crippen LogP contribution is -2.23. The Morgan fingerprint density at radius 2 is 2.31 bits per heavy atom. The number of hydrogen-bond donors (Lipinski definition) is 1. The summed E-state index contributed by atoms with van der Waals surface area (Å²) in [4.78, 5) is 2.09. The first-order valence-corrected chi connectivity index (χ1v) is 5.54. The fourth-order valence-electron chi connectivity index (χ4n) is 1.46. The van der Waals surface area contributed by atoms with Gasteiger partial charge >= 0.3 is 0 Å². The molecule has 0 amide bonds. The van der Waals surface area contributed by atoms with Crippen molar-refractivity contribution in [3.8, 4) is 12.3 Å². The minimum absolute atomic E-state index is 0.460. The molecular weight excluding hydrogens is 200 g/mol. The highest BCUT2D eigenvalue weighted by Gasteiger charge is 2.08. The van der Waals surface area contributed by atoms with Crippen molar-refractivity contribution in [2.75, 3.05) is 13.6 Å². The third-order valence-corrected chi connectivity index (χ3v) is 2.31. The monoisotopic (exact) mass is 220 g/mol. The van der Waals surface area contributed by atoms with Gasteiger partial charge in [-0.1, -0.05) is 19.8 Å². The van der Waals surface area contributed by atoms with Crippen molar-refractivity contribution < 1.29 is 4.42 Å². The van der Waals surface area contributed by atoms with Gasteiger partial charge in [-0.2, -0.15) is 0 Å². The standard InChI is InChI=1S/C13H20N2O/c1-5-7-15(4)10-12-6-8-16-13(12)9-14-11(2)3/h1,6,8,11,14H,7,9-10H2,2-4H3. The zero-order valence-electron chi connectivity index (χ0n) is 10.3. The van der Waals surface area contributed by atoms with Crippen LogP contribution in [0, 0.1) is 12.3 Å². The van der Waals surface area contributed by atoms with Crippen molar-refractivity contribution >= 4 is 0 Å². The minimum atomic E-state index is 0.460. The van der Waals surface area contributed by atoms with Gasteiger partial charge in [0.05, 0.1) is 19.4 Å². The summed E-state index contributed by atoms with van der Waals surface area (Å²) in [5.74, 6) is 3.63. The van der Waals surface area contributed by atoms with Gasteiger partial charge in [0, 0.05) is 18.2 Å². The molecule has 0 spiro atoms. The van der Waals surface area contributed by atoms with E-state index in [0.29, 0.717) is 12.6 Å². The molecular formula is C13H20N2O. The van der Waals surface area contributed by atoms with E-state index in [1.54, 1.807) is 6.26 Å². The van der Waals surface area contributed by atoms with E-state index in [2.05, 4.69) is 30.0 Å². The van der Waals surface area contributed by atoms with Crippen LogP contribution in [0.15, 0.2) is 16.7 Å². The van der Waals surface area contributed by atoms with E-state index in [-0.39, 0.29) is 0 Å². The van der Waals surface area contributed by atoms with Crippen LogP contribution in [-0.4, -0.2) is 24.5 Å². The average molecular weight is 220 g/mol. The zero-order chi connectivity index (χ0) is 12.0. The average Bonchev–Trinajstić information content (AvgIpc) is 2.62. The van der Waals surface area contributed by atoms with Gasteiger partial charge < -0.3 is 9.73 Å². The van der Waals surface area contributed by atoms with E-state index in [9.17, 15) is 0 Å². The molecule has 1 heterocycles.